The zero-order valence-corrected chi connectivity index (χ0v) is 10.5. The Hall–Kier alpha value is -2.49. The number of aromatic nitrogens is 2. The Bertz CT molecular complexity index is 690. The maximum Gasteiger partial charge on any atom is 0.142 e. The van der Waals surface area contributed by atoms with Crippen LogP contribution in [0.3, 0.4) is 0 Å². The Morgan fingerprint density at radius 2 is 1.84 bits per heavy atom. The van der Waals surface area contributed by atoms with Gasteiger partial charge in [0.05, 0.1) is 29.6 Å². The van der Waals surface area contributed by atoms with Crippen LogP contribution < -0.4 is 10.5 Å². The molecule has 0 aliphatic rings. The third-order valence-electron chi connectivity index (χ3n) is 3.04. The van der Waals surface area contributed by atoms with Crippen LogP contribution in [0.2, 0.25) is 0 Å². The second-order valence-electron chi connectivity index (χ2n) is 4.31. The van der Waals surface area contributed by atoms with Gasteiger partial charge in [0.15, 0.2) is 0 Å². The van der Waals surface area contributed by atoms with Gasteiger partial charge < -0.3 is 15.0 Å². The van der Waals surface area contributed by atoms with Gasteiger partial charge in [0.1, 0.15) is 12.4 Å². The van der Waals surface area contributed by atoms with Crippen molar-refractivity contribution in [2.24, 2.45) is 0 Å². The van der Waals surface area contributed by atoms with Gasteiger partial charge in [-0.25, -0.2) is 4.98 Å². The lowest BCUT2D eigenvalue weighted by Crippen LogP contribution is -2.08. The SMILES string of the molecule is Nc1ccccc1OCCn1cnc2ccccc21. The number of fused-ring (bicyclic) bond motifs is 1. The average molecular weight is 253 g/mol. The minimum atomic E-state index is 0.564. The largest absolute Gasteiger partial charge is 0.490 e. The van der Waals surface area contributed by atoms with Gasteiger partial charge in [-0.2, -0.15) is 0 Å². The molecule has 0 fully saturated rings. The van der Waals surface area contributed by atoms with E-state index in [9.17, 15) is 0 Å². The zero-order valence-electron chi connectivity index (χ0n) is 10.5. The number of benzene rings is 2. The lowest BCUT2D eigenvalue weighted by molar-refractivity contribution is 0.301. The topological polar surface area (TPSA) is 53.1 Å². The van der Waals surface area contributed by atoms with Gasteiger partial charge in [-0.1, -0.05) is 24.3 Å². The fourth-order valence-corrected chi connectivity index (χ4v) is 2.05. The highest BCUT2D eigenvalue weighted by atomic mass is 16.5. The summed E-state index contributed by atoms with van der Waals surface area (Å²) in [5.41, 5.74) is 8.61. The van der Waals surface area contributed by atoms with Crippen LogP contribution in [-0.2, 0) is 6.54 Å². The summed E-state index contributed by atoms with van der Waals surface area (Å²) in [5, 5.41) is 0. The Labute approximate surface area is 111 Å². The van der Waals surface area contributed by atoms with E-state index in [1.54, 1.807) is 0 Å². The third-order valence-corrected chi connectivity index (χ3v) is 3.04. The first-order valence-corrected chi connectivity index (χ1v) is 6.22. The van der Waals surface area contributed by atoms with Gasteiger partial charge in [-0.15, -0.1) is 0 Å². The number of nitrogens with zero attached hydrogens (tertiary/aromatic N) is 2. The number of nitrogen functional groups attached to an aromatic ring is 1. The Kier molecular flexibility index (Phi) is 3.06. The molecule has 0 atom stereocenters. The number of hydrogen-bond donors (Lipinski definition) is 1. The third kappa shape index (κ3) is 2.38. The number of rotatable bonds is 4. The summed E-state index contributed by atoms with van der Waals surface area (Å²) < 4.78 is 7.76. The van der Waals surface area contributed by atoms with Crippen molar-refractivity contribution in [3.05, 3.63) is 54.9 Å². The van der Waals surface area contributed by atoms with Crippen molar-refractivity contribution >= 4 is 16.7 Å². The number of ether oxygens (including phenoxy) is 1. The lowest BCUT2D eigenvalue weighted by Gasteiger charge is -2.09. The van der Waals surface area contributed by atoms with E-state index in [4.69, 9.17) is 10.5 Å². The number of hydrogen-bond acceptors (Lipinski definition) is 3. The molecule has 19 heavy (non-hydrogen) atoms. The van der Waals surface area contributed by atoms with Crippen molar-refractivity contribution in [1.82, 2.24) is 9.55 Å². The molecule has 0 radical (unpaired) electrons. The van der Waals surface area contributed by atoms with E-state index in [2.05, 4.69) is 15.6 Å². The van der Waals surface area contributed by atoms with Crippen LogP contribution in [0, 0.1) is 0 Å². The summed E-state index contributed by atoms with van der Waals surface area (Å²) in [7, 11) is 0. The van der Waals surface area contributed by atoms with Gasteiger partial charge in [0, 0.05) is 0 Å². The fraction of sp³-hybridized carbons (Fsp3) is 0.133. The normalized spacial score (nSPS) is 10.7. The molecule has 0 unspecified atom stereocenters. The molecule has 0 saturated heterocycles. The van der Waals surface area contributed by atoms with Crippen LogP contribution in [0.25, 0.3) is 11.0 Å². The molecule has 0 saturated carbocycles. The van der Waals surface area contributed by atoms with Crippen LogP contribution in [0.4, 0.5) is 5.69 Å². The number of para-hydroxylation sites is 4. The van der Waals surface area contributed by atoms with Crippen LogP contribution in [-0.4, -0.2) is 16.2 Å². The maximum absolute atomic E-state index is 5.83. The summed E-state index contributed by atoms with van der Waals surface area (Å²) >= 11 is 0. The smallest absolute Gasteiger partial charge is 0.142 e. The van der Waals surface area contributed by atoms with E-state index in [0.29, 0.717) is 12.3 Å². The minimum absolute atomic E-state index is 0.564. The first-order chi connectivity index (χ1) is 9.34. The molecule has 1 aromatic heterocycles. The molecule has 4 heteroatoms. The first-order valence-electron chi connectivity index (χ1n) is 6.22. The fourth-order valence-electron chi connectivity index (χ4n) is 2.05. The second-order valence-corrected chi connectivity index (χ2v) is 4.31. The predicted octanol–water partition coefficient (Wildman–Crippen LogP) is 2.70. The van der Waals surface area contributed by atoms with Crippen LogP contribution in [0.15, 0.2) is 54.9 Å². The molecule has 2 N–H and O–H groups in total. The number of anilines is 1. The Balaban J connectivity index is 1.68. The number of nitrogens with two attached hydrogens (primary N) is 1. The van der Waals surface area contributed by atoms with E-state index in [-0.39, 0.29) is 0 Å². The highest BCUT2D eigenvalue weighted by Crippen LogP contribution is 2.19. The first kappa shape index (κ1) is 11.6. The van der Waals surface area contributed by atoms with Gasteiger partial charge in [0.25, 0.3) is 0 Å². The van der Waals surface area contributed by atoms with Gasteiger partial charge >= 0.3 is 0 Å². The molecule has 3 rings (SSSR count). The van der Waals surface area contributed by atoms with E-state index >= 15 is 0 Å². The molecule has 1 heterocycles. The van der Waals surface area contributed by atoms with Crippen molar-refractivity contribution in [3.8, 4) is 5.75 Å². The summed E-state index contributed by atoms with van der Waals surface area (Å²) in [6.45, 7) is 1.31. The molecule has 0 spiro atoms. The Morgan fingerprint density at radius 1 is 1.05 bits per heavy atom. The quantitative estimate of drug-likeness (QED) is 0.727. The van der Waals surface area contributed by atoms with Crippen molar-refractivity contribution in [1.29, 1.82) is 0 Å². The molecule has 4 nitrogen and oxygen atoms in total. The second kappa shape index (κ2) is 5.02. The maximum atomic E-state index is 5.83. The summed E-state index contributed by atoms with van der Waals surface area (Å²) in [6.07, 6.45) is 1.84. The molecule has 0 amide bonds. The average Bonchev–Trinajstić information content (AvgIpc) is 2.85. The van der Waals surface area contributed by atoms with Crippen molar-refractivity contribution in [3.63, 3.8) is 0 Å². The van der Waals surface area contributed by atoms with Crippen LogP contribution in [0.5, 0.6) is 5.75 Å². The van der Waals surface area contributed by atoms with Gasteiger partial charge in [-0.3, -0.25) is 0 Å². The van der Waals surface area contributed by atoms with Crippen LogP contribution >= 0.6 is 0 Å². The van der Waals surface area contributed by atoms with Crippen molar-refractivity contribution < 1.29 is 4.74 Å². The van der Waals surface area contributed by atoms with Gasteiger partial charge in [0.2, 0.25) is 0 Å². The zero-order chi connectivity index (χ0) is 13.1. The molecule has 96 valence electrons. The van der Waals surface area contributed by atoms with Crippen molar-refractivity contribution in [2.75, 3.05) is 12.3 Å². The number of imidazole rings is 1. The molecule has 3 aromatic rings. The summed E-state index contributed by atoms with van der Waals surface area (Å²) in [4.78, 5) is 4.34. The highest BCUT2D eigenvalue weighted by molar-refractivity contribution is 5.74. The van der Waals surface area contributed by atoms with E-state index < -0.39 is 0 Å². The highest BCUT2D eigenvalue weighted by Gasteiger charge is 2.02. The molecule has 2 aromatic carbocycles. The molecule has 0 aliphatic heterocycles. The monoisotopic (exact) mass is 253 g/mol. The molecule has 0 aliphatic carbocycles. The van der Waals surface area contributed by atoms with E-state index in [1.807, 2.05) is 48.8 Å². The minimum Gasteiger partial charge on any atom is -0.490 e. The molecule has 0 bridgehead atoms. The van der Waals surface area contributed by atoms with Crippen molar-refractivity contribution in [2.45, 2.75) is 6.54 Å². The molecular weight excluding hydrogens is 238 g/mol. The summed E-state index contributed by atoms with van der Waals surface area (Å²) in [6, 6.07) is 15.6. The standard InChI is InChI=1S/C15H15N3O/c16-12-5-1-4-8-15(12)19-10-9-18-11-17-13-6-2-3-7-14(13)18/h1-8,11H,9-10,16H2. The lowest BCUT2D eigenvalue weighted by atomic mass is 10.3. The molecular formula is C15H15N3O. The van der Waals surface area contributed by atoms with E-state index in [1.165, 1.54) is 0 Å². The van der Waals surface area contributed by atoms with E-state index in [0.717, 1.165) is 23.3 Å². The Morgan fingerprint density at radius 3 is 2.74 bits per heavy atom. The predicted molar refractivity (Wildman–Crippen MR) is 76.1 cm³/mol. The van der Waals surface area contributed by atoms with Crippen LogP contribution in [0.1, 0.15) is 0 Å². The van der Waals surface area contributed by atoms with Gasteiger partial charge in [-0.05, 0) is 24.3 Å². The summed E-state index contributed by atoms with van der Waals surface area (Å²) in [5.74, 6) is 0.729.